The molecule has 1 saturated heterocycles. The van der Waals surface area contributed by atoms with Gasteiger partial charge in [-0.15, -0.1) is 0 Å². The van der Waals surface area contributed by atoms with E-state index in [0.29, 0.717) is 37.5 Å². The van der Waals surface area contributed by atoms with Crippen LogP contribution in [0.4, 0.5) is 5.69 Å². The molecule has 5 heteroatoms. The lowest BCUT2D eigenvalue weighted by atomic mass is 10.0. The Hall–Kier alpha value is -2.11. The summed E-state index contributed by atoms with van der Waals surface area (Å²) < 4.78 is 5.49. The Morgan fingerprint density at radius 1 is 1.29 bits per heavy atom. The van der Waals surface area contributed by atoms with E-state index in [1.165, 1.54) is 0 Å². The molecule has 1 fully saturated rings. The van der Waals surface area contributed by atoms with Crippen molar-refractivity contribution in [2.75, 3.05) is 32.0 Å². The monoisotopic (exact) mass is 285 g/mol. The fraction of sp³-hybridized carbons (Fsp3) is 0.312. The number of rotatable bonds is 2. The van der Waals surface area contributed by atoms with Crippen LogP contribution in [0.2, 0.25) is 0 Å². The van der Waals surface area contributed by atoms with Crippen molar-refractivity contribution in [1.82, 2.24) is 4.90 Å². The third-order valence-corrected chi connectivity index (χ3v) is 3.84. The van der Waals surface area contributed by atoms with Gasteiger partial charge in [-0.2, -0.15) is 0 Å². The van der Waals surface area contributed by atoms with E-state index in [4.69, 9.17) is 16.2 Å². The number of nitrogen functional groups attached to an aromatic ring is 1. The Kier molecular flexibility index (Phi) is 3.77. The Bertz CT molecular complexity index is 672. The lowest BCUT2D eigenvalue weighted by Crippen LogP contribution is -2.48. The third kappa shape index (κ3) is 2.70. The van der Waals surface area contributed by atoms with Gasteiger partial charge in [0.25, 0.3) is 5.91 Å². The van der Waals surface area contributed by atoms with Crippen molar-refractivity contribution < 1.29 is 9.53 Å². The summed E-state index contributed by atoms with van der Waals surface area (Å²) in [6.45, 7) is 2.02. The van der Waals surface area contributed by atoms with E-state index < -0.39 is 0 Å². The van der Waals surface area contributed by atoms with E-state index in [1.807, 2.05) is 36.4 Å². The number of nitrogens with two attached hydrogens (primary N) is 2. The summed E-state index contributed by atoms with van der Waals surface area (Å²) in [5, 5.41) is 2.05. The predicted octanol–water partition coefficient (Wildman–Crippen LogP) is 1.22. The number of morpholine rings is 1. The highest BCUT2D eigenvalue weighted by atomic mass is 16.5. The molecule has 2 aromatic rings. The van der Waals surface area contributed by atoms with Crippen LogP contribution in [-0.4, -0.2) is 43.2 Å². The first-order valence-corrected chi connectivity index (χ1v) is 7.08. The zero-order chi connectivity index (χ0) is 14.8. The third-order valence-electron chi connectivity index (χ3n) is 3.84. The number of carbonyl (C=O) groups is 1. The van der Waals surface area contributed by atoms with E-state index >= 15 is 0 Å². The van der Waals surface area contributed by atoms with E-state index in [9.17, 15) is 4.79 Å². The fourth-order valence-electron chi connectivity index (χ4n) is 2.66. The fourth-order valence-corrected chi connectivity index (χ4v) is 2.66. The maximum atomic E-state index is 12.7. The Labute approximate surface area is 123 Å². The standard InChI is InChI=1S/C16H19N3O2/c17-9-13-10-19(5-6-21-13)16(20)14-7-11-3-1-2-4-12(11)8-15(14)18/h1-4,7-8,13H,5-6,9-10,17-18H2. The van der Waals surface area contributed by atoms with Crippen LogP contribution in [0.15, 0.2) is 36.4 Å². The summed E-state index contributed by atoms with van der Waals surface area (Å²) >= 11 is 0. The van der Waals surface area contributed by atoms with Crippen molar-refractivity contribution in [2.24, 2.45) is 5.73 Å². The molecule has 1 aliphatic heterocycles. The lowest BCUT2D eigenvalue weighted by Gasteiger charge is -2.32. The highest BCUT2D eigenvalue weighted by Crippen LogP contribution is 2.23. The van der Waals surface area contributed by atoms with Gasteiger partial charge in [-0.25, -0.2) is 0 Å². The van der Waals surface area contributed by atoms with Crippen molar-refractivity contribution in [3.05, 3.63) is 42.0 Å². The summed E-state index contributed by atoms with van der Waals surface area (Å²) in [5.74, 6) is -0.0556. The first-order chi connectivity index (χ1) is 10.2. The van der Waals surface area contributed by atoms with Crippen LogP contribution < -0.4 is 11.5 Å². The first-order valence-electron chi connectivity index (χ1n) is 7.08. The second-order valence-electron chi connectivity index (χ2n) is 5.27. The molecule has 0 spiro atoms. The van der Waals surface area contributed by atoms with Crippen LogP contribution in [0.1, 0.15) is 10.4 Å². The van der Waals surface area contributed by atoms with Crippen molar-refractivity contribution >= 4 is 22.4 Å². The minimum atomic E-state index is -0.0932. The van der Waals surface area contributed by atoms with E-state index in [2.05, 4.69) is 0 Å². The quantitative estimate of drug-likeness (QED) is 0.813. The number of carbonyl (C=O) groups excluding carboxylic acids is 1. The maximum absolute atomic E-state index is 12.7. The molecule has 3 rings (SSSR count). The van der Waals surface area contributed by atoms with Gasteiger partial charge in [0, 0.05) is 25.3 Å². The number of anilines is 1. The number of amides is 1. The maximum Gasteiger partial charge on any atom is 0.256 e. The molecule has 0 saturated carbocycles. The molecular formula is C16H19N3O2. The molecule has 1 heterocycles. The van der Waals surface area contributed by atoms with Gasteiger partial charge in [-0.1, -0.05) is 24.3 Å². The molecule has 0 aliphatic carbocycles. The second-order valence-corrected chi connectivity index (χ2v) is 5.27. The van der Waals surface area contributed by atoms with Crippen LogP contribution >= 0.6 is 0 Å². The minimum Gasteiger partial charge on any atom is -0.398 e. The Morgan fingerprint density at radius 2 is 2.00 bits per heavy atom. The van der Waals surface area contributed by atoms with Crippen molar-refractivity contribution in [3.8, 4) is 0 Å². The first kappa shape index (κ1) is 13.9. The molecule has 1 amide bonds. The van der Waals surface area contributed by atoms with Gasteiger partial charge in [0.15, 0.2) is 0 Å². The number of fused-ring (bicyclic) bond motifs is 1. The van der Waals surface area contributed by atoms with Crippen molar-refractivity contribution in [2.45, 2.75) is 6.10 Å². The van der Waals surface area contributed by atoms with Gasteiger partial charge in [0.1, 0.15) is 0 Å². The molecule has 21 heavy (non-hydrogen) atoms. The number of nitrogens with zero attached hydrogens (tertiary/aromatic N) is 1. The number of benzene rings is 2. The summed E-state index contributed by atoms with van der Waals surface area (Å²) in [6, 6.07) is 11.6. The topological polar surface area (TPSA) is 81.6 Å². The van der Waals surface area contributed by atoms with Crippen LogP contribution in [-0.2, 0) is 4.74 Å². The minimum absolute atomic E-state index is 0.0556. The van der Waals surface area contributed by atoms with Crippen molar-refractivity contribution in [1.29, 1.82) is 0 Å². The van der Waals surface area contributed by atoms with Crippen LogP contribution in [0.5, 0.6) is 0 Å². The Morgan fingerprint density at radius 3 is 2.71 bits per heavy atom. The van der Waals surface area contributed by atoms with Gasteiger partial charge in [-0.05, 0) is 22.9 Å². The highest BCUT2D eigenvalue weighted by Gasteiger charge is 2.25. The van der Waals surface area contributed by atoms with Gasteiger partial charge in [0.05, 0.1) is 18.3 Å². The van der Waals surface area contributed by atoms with E-state index in [-0.39, 0.29) is 12.0 Å². The van der Waals surface area contributed by atoms with Gasteiger partial charge in [-0.3, -0.25) is 4.79 Å². The van der Waals surface area contributed by atoms with Gasteiger partial charge < -0.3 is 21.1 Å². The molecule has 0 radical (unpaired) electrons. The zero-order valence-corrected chi connectivity index (χ0v) is 11.8. The lowest BCUT2D eigenvalue weighted by molar-refractivity contribution is -0.0167. The normalized spacial score (nSPS) is 18.9. The van der Waals surface area contributed by atoms with E-state index in [1.54, 1.807) is 4.90 Å². The molecule has 2 aromatic carbocycles. The number of hydrogen-bond donors (Lipinski definition) is 2. The van der Waals surface area contributed by atoms with E-state index in [0.717, 1.165) is 10.8 Å². The molecule has 1 unspecified atom stereocenters. The molecule has 0 aromatic heterocycles. The zero-order valence-electron chi connectivity index (χ0n) is 11.8. The average Bonchev–Trinajstić information content (AvgIpc) is 2.53. The number of ether oxygens (including phenoxy) is 1. The summed E-state index contributed by atoms with van der Waals surface area (Å²) in [5.41, 5.74) is 12.7. The van der Waals surface area contributed by atoms with Crippen LogP contribution in [0.25, 0.3) is 10.8 Å². The van der Waals surface area contributed by atoms with Crippen LogP contribution in [0.3, 0.4) is 0 Å². The van der Waals surface area contributed by atoms with Crippen molar-refractivity contribution in [3.63, 3.8) is 0 Å². The highest BCUT2D eigenvalue weighted by molar-refractivity contribution is 6.04. The van der Waals surface area contributed by atoms with Gasteiger partial charge >= 0.3 is 0 Å². The predicted molar refractivity (Wildman–Crippen MR) is 83.1 cm³/mol. The van der Waals surface area contributed by atoms with Gasteiger partial charge in [0.2, 0.25) is 0 Å². The largest absolute Gasteiger partial charge is 0.398 e. The summed E-state index contributed by atoms with van der Waals surface area (Å²) in [6.07, 6.45) is -0.0932. The molecule has 110 valence electrons. The molecule has 4 N–H and O–H groups in total. The SMILES string of the molecule is NCC1CN(C(=O)c2cc3ccccc3cc2N)CCO1. The smallest absolute Gasteiger partial charge is 0.256 e. The average molecular weight is 285 g/mol. The molecule has 1 atom stereocenters. The number of hydrogen-bond acceptors (Lipinski definition) is 4. The Balaban J connectivity index is 1.92. The second kappa shape index (κ2) is 5.71. The summed E-state index contributed by atoms with van der Waals surface area (Å²) in [7, 11) is 0. The molecule has 1 aliphatic rings. The summed E-state index contributed by atoms with van der Waals surface area (Å²) in [4.78, 5) is 14.4. The molecular weight excluding hydrogens is 266 g/mol. The molecule has 0 bridgehead atoms. The van der Waals surface area contributed by atoms with Crippen LogP contribution in [0, 0.1) is 0 Å². The molecule has 5 nitrogen and oxygen atoms in total.